The van der Waals surface area contributed by atoms with Crippen LogP contribution in [0, 0.1) is 11.8 Å². The molecule has 0 aromatic heterocycles. The van der Waals surface area contributed by atoms with Crippen molar-refractivity contribution < 1.29 is 14.7 Å². The Hall–Kier alpha value is -1.10. The standard InChI is InChI=1S/C12H20N2O3/c15-11(5-9-1-3-13-7-9)14-4-2-10(8-14)6-12(16)17/h9-10,13H,1-8H2,(H,16,17). The molecule has 17 heavy (non-hydrogen) atoms. The van der Waals surface area contributed by atoms with Crippen LogP contribution in [-0.4, -0.2) is 48.1 Å². The summed E-state index contributed by atoms with van der Waals surface area (Å²) >= 11 is 0. The average Bonchev–Trinajstić information content (AvgIpc) is 2.87. The van der Waals surface area contributed by atoms with Crippen molar-refractivity contribution in [1.29, 1.82) is 0 Å². The maximum Gasteiger partial charge on any atom is 0.303 e. The van der Waals surface area contributed by atoms with E-state index in [9.17, 15) is 9.59 Å². The fourth-order valence-electron chi connectivity index (χ4n) is 2.74. The fraction of sp³-hybridized carbons (Fsp3) is 0.833. The van der Waals surface area contributed by atoms with Gasteiger partial charge < -0.3 is 15.3 Å². The van der Waals surface area contributed by atoms with Crippen molar-refractivity contribution in [2.24, 2.45) is 11.8 Å². The van der Waals surface area contributed by atoms with Crippen LogP contribution in [0.2, 0.25) is 0 Å². The van der Waals surface area contributed by atoms with Gasteiger partial charge in [0.15, 0.2) is 0 Å². The number of carbonyl (C=O) groups excluding carboxylic acids is 1. The van der Waals surface area contributed by atoms with Crippen LogP contribution in [0.3, 0.4) is 0 Å². The molecule has 1 amide bonds. The van der Waals surface area contributed by atoms with Crippen LogP contribution < -0.4 is 5.32 Å². The summed E-state index contributed by atoms with van der Waals surface area (Å²) in [5.74, 6) is 0.0649. The molecule has 2 fully saturated rings. The lowest BCUT2D eigenvalue weighted by Crippen LogP contribution is -2.30. The summed E-state index contributed by atoms with van der Waals surface area (Å²) in [5, 5.41) is 12.0. The fourth-order valence-corrected chi connectivity index (χ4v) is 2.74. The predicted molar refractivity (Wildman–Crippen MR) is 62.5 cm³/mol. The van der Waals surface area contributed by atoms with Gasteiger partial charge in [0.1, 0.15) is 0 Å². The lowest BCUT2D eigenvalue weighted by Gasteiger charge is -2.18. The monoisotopic (exact) mass is 240 g/mol. The Labute approximate surface area is 101 Å². The van der Waals surface area contributed by atoms with Crippen LogP contribution in [0.4, 0.5) is 0 Å². The summed E-state index contributed by atoms with van der Waals surface area (Å²) in [6, 6.07) is 0. The number of carboxylic acids is 1. The number of amides is 1. The number of carboxylic acid groups (broad SMARTS) is 1. The van der Waals surface area contributed by atoms with E-state index in [0.29, 0.717) is 18.9 Å². The smallest absolute Gasteiger partial charge is 0.303 e. The van der Waals surface area contributed by atoms with Gasteiger partial charge in [-0.1, -0.05) is 0 Å². The van der Waals surface area contributed by atoms with E-state index in [1.54, 1.807) is 0 Å². The third-order valence-corrected chi connectivity index (χ3v) is 3.73. The zero-order valence-electron chi connectivity index (χ0n) is 10.0. The first-order valence-corrected chi connectivity index (χ1v) is 6.35. The van der Waals surface area contributed by atoms with Gasteiger partial charge in [0, 0.05) is 25.9 Å². The number of nitrogens with one attached hydrogen (secondary N) is 1. The van der Waals surface area contributed by atoms with Gasteiger partial charge in [-0.05, 0) is 37.8 Å². The predicted octanol–water partition coefficient (Wildman–Crippen LogP) is 0.309. The Morgan fingerprint density at radius 1 is 1.24 bits per heavy atom. The number of aliphatic carboxylic acids is 1. The summed E-state index contributed by atoms with van der Waals surface area (Å²) in [5.41, 5.74) is 0. The van der Waals surface area contributed by atoms with Gasteiger partial charge >= 0.3 is 5.97 Å². The molecule has 0 aliphatic carbocycles. The molecule has 2 aliphatic rings. The van der Waals surface area contributed by atoms with Gasteiger partial charge in [-0.2, -0.15) is 0 Å². The molecule has 0 radical (unpaired) electrons. The van der Waals surface area contributed by atoms with Gasteiger partial charge in [-0.15, -0.1) is 0 Å². The second kappa shape index (κ2) is 5.49. The Morgan fingerprint density at radius 2 is 2.06 bits per heavy atom. The van der Waals surface area contributed by atoms with E-state index in [4.69, 9.17) is 5.11 Å². The van der Waals surface area contributed by atoms with Crippen molar-refractivity contribution >= 4 is 11.9 Å². The molecule has 0 aromatic carbocycles. The maximum atomic E-state index is 12.0. The summed E-state index contributed by atoms with van der Waals surface area (Å²) in [6.07, 6.45) is 2.72. The SMILES string of the molecule is O=C(O)CC1CCN(C(=O)CC2CCNC2)C1. The third kappa shape index (κ3) is 3.43. The van der Waals surface area contributed by atoms with Gasteiger partial charge in [-0.25, -0.2) is 0 Å². The first-order chi connectivity index (χ1) is 8.15. The molecule has 0 aromatic rings. The van der Waals surface area contributed by atoms with Gasteiger partial charge in [0.25, 0.3) is 0 Å². The topological polar surface area (TPSA) is 69.6 Å². The van der Waals surface area contributed by atoms with Gasteiger partial charge in [-0.3, -0.25) is 9.59 Å². The van der Waals surface area contributed by atoms with Crippen LogP contribution in [0.5, 0.6) is 0 Å². The highest BCUT2D eigenvalue weighted by atomic mass is 16.4. The number of nitrogens with zero attached hydrogens (tertiary/aromatic N) is 1. The molecule has 2 heterocycles. The van der Waals surface area contributed by atoms with Crippen LogP contribution >= 0.6 is 0 Å². The lowest BCUT2D eigenvalue weighted by molar-refractivity contribution is -0.138. The third-order valence-electron chi connectivity index (χ3n) is 3.73. The molecule has 0 spiro atoms. The zero-order chi connectivity index (χ0) is 12.3. The summed E-state index contributed by atoms with van der Waals surface area (Å²) in [7, 11) is 0. The molecule has 96 valence electrons. The number of carbonyl (C=O) groups is 2. The molecule has 2 aliphatic heterocycles. The highest BCUT2D eigenvalue weighted by Gasteiger charge is 2.29. The van der Waals surface area contributed by atoms with Crippen molar-refractivity contribution in [3.05, 3.63) is 0 Å². The molecule has 2 atom stereocenters. The number of hydrogen-bond acceptors (Lipinski definition) is 3. The molecule has 5 nitrogen and oxygen atoms in total. The van der Waals surface area contributed by atoms with E-state index in [-0.39, 0.29) is 18.2 Å². The lowest BCUT2D eigenvalue weighted by atomic mass is 10.0. The second-order valence-corrected chi connectivity index (χ2v) is 5.16. The highest BCUT2D eigenvalue weighted by Crippen LogP contribution is 2.22. The molecule has 2 saturated heterocycles. The van der Waals surface area contributed by atoms with Crippen LogP contribution in [-0.2, 0) is 9.59 Å². The Morgan fingerprint density at radius 3 is 2.71 bits per heavy atom. The van der Waals surface area contributed by atoms with Crippen molar-refractivity contribution in [3.63, 3.8) is 0 Å². The minimum atomic E-state index is -0.760. The average molecular weight is 240 g/mol. The van der Waals surface area contributed by atoms with Crippen molar-refractivity contribution in [3.8, 4) is 0 Å². The number of likely N-dealkylation sites (tertiary alicyclic amines) is 1. The van der Waals surface area contributed by atoms with E-state index < -0.39 is 5.97 Å². The number of hydrogen-bond donors (Lipinski definition) is 2. The molecule has 0 bridgehead atoms. The summed E-state index contributed by atoms with van der Waals surface area (Å²) in [6.45, 7) is 3.32. The highest BCUT2D eigenvalue weighted by molar-refractivity contribution is 5.77. The van der Waals surface area contributed by atoms with E-state index >= 15 is 0 Å². The van der Waals surface area contributed by atoms with Crippen molar-refractivity contribution in [2.75, 3.05) is 26.2 Å². The summed E-state index contributed by atoms with van der Waals surface area (Å²) in [4.78, 5) is 24.4. The molecule has 2 unspecified atom stereocenters. The normalized spacial score (nSPS) is 28.6. The quantitative estimate of drug-likeness (QED) is 0.742. The Balaban J connectivity index is 1.75. The largest absolute Gasteiger partial charge is 0.481 e. The molecule has 2 rings (SSSR count). The molecular weight excluding hydrogens is 220 g/mol. The molecule has 0 saturated carbocycles. The molecular formula is C12H20N2O3. The van der Waals surface area contributed by atoms with E-state index in [2.05, 4.69) is 5.32 Å². The van der Waals surface area contributed by atoms with E-state index in [1.807, 2.05) is 4.90 Å². The molecule has 5 heteroatoms. The zero-order valence-corrected chi connectivity index (χ0v) is 10.0. The first-order valence-electron chi connectivity index (χ1n) is 6.35. The summed E-state index contributed by atoms with van der Waals surface area (Å²) < 4.78 is 0. The second-order valence-electron chi connectivity index (χ2n) is 5.16. The van der Waals surface area contributed by atoms with E-state index in [0.717, 1.165) is 32.5 Å². The van der Waals surface area contributed by atoms with Crippen LogP contribution in [0.15, 0.2) is 0 Å². The van der Waals surface area contributed by atoms with Crippen LogP contribution in [0.25, 0.3) is 0 Å². The number of rotatable bonds is 4. The van der Waals surface area contributed by atoms with Crippen molar-refractivity contribution in [2.45, 2.75) is 25.7 Å². The minimum Gasteiger partial charge on any atom is -0.481 e. The minimum absolute atomic E-state index is 0.151. The molecule has 2 N–H and O–H groups in total. The van der Waals surface area contributed by atoms with Gasteiger partial charge in [0.05, 0.1) is 0 Å². The van der Waals surface area contributed by atoms with E-state index in [1.165, 1.54) is 0 Å². The van der Waals surface area contributed by atoms with Gasteiger partial charge in [0.2, 0.25) is 5.91 Å². The van der Waals surface area contributed by atoms with Crippen molar-refractivity contribution in [1.82, 2.24) is 10.2 Å². The first kappa shape index (κ1) is 12.4. The Kier molecular flexibility index (Phi) is 3.99. The van der Waals surface area contributed by atoms with Crippen LogP contribution in [0.1, 0.15) is 25.7 Å². The maximum absolute atomic E-state index is 12.0. The Bertz CT molecular complexity index is 300.